The van der Waals surface area contributed by atoms with Crippen LogP contribution in [0.2, 0.25) is 0 Å². The summed E-state index contributed by atoms with van der Waals surface area (Å²) in [5, 5.41) is 9.65. The maximum absolute atomic E-state index is 12.1. The van der Waals surface area contributed by atoms with Gasteiger partial charge in [0.05, 0.1) is 24.7 Å². The van der Waals surface area contributed by atoms with E-state index in [1.54, 1.807) is 29.2 Å². The predicted molar refractivity (Wildman–Crippen MR) is 111 cm³/mol. The second kappa shape index (κ2) is 9.31. The third-order valence-corrected chi connectivity index (χ3v) is 4.93. The highest BCUT2D eigenvalue weighted by molar-refractivity contribution is 7.99. The molecule has 1 aliphatic rings. The molecule has 154 valence electrons. The van der Waals surface area contributed by atoms with E-state index in [9.17, 15) is 9.59 Å². The van der Waals surface area contributed by atoms with E-state index in [2.05, 4.69) is 20.7 Å². The highest BCUT2D eigenvalue weighted by atomic mass is 32.2. The maximum atomic E-state index is 12.1. The van der Waals surface area contributed by atoms with Crippen molar-refractivity contribution >= 4 is 29.4 Å². The van der Waals surface area contributed by atoms with Crippen LogP contribution in [-0.4, -0.2) is 45.7 Å². The lowest BCUT2D eigenvalue weighted by molar-refractivity contribution is -0.117. The molecule has 0 saturated carbocycles. The molecule has 0 radical (unpaired) electrons. The minimum Gasteiger partial charge on any atom is -0.490 e. The second-order valence-electron chi connectivity index (χ2n) is 6.31. The van der Waals surface area contributed by atoms with Crippen molar-refractivity contribution in [1.82, 2.24) is 20.1 Å². The minimum atomic E-state index is -0.627. The third-order valence-electron chi connectivity index (χ3n) is 4.08. The van der Waals surface area contributed by atoms with Crippen molar-refractivity contribution in [2.45, 2.75) is 11.6 Å². The summed E-state index contributed by atoms with van der Waals surface area (Å²) < 4.78 is 12.8. The zero-order chi connectivity index (χ0) is 20.8. The van der Waals surface area contributed by atoms with Crippen LogP contribution < -0.4 is 20.1 Å². The van der Waals surface area contributed by atoms with Crippen LogP contribution in [0.4, 0.5) is 10.5 Å². The van der Waals surface area contributed by atoms with Gasteiger partial charge in [0.2, 0.25) is 11.1 Å². The van der Waals surface area contributed by atoms with Crippen LogP contribution in [0.5, 0.6) is 11.5 Å². The third kappa shape index (κ3) is 5.09. The highest BCUT2D eigenvalue weighted by Crippen LogP contribution is 2.32. The number of thioether (sulfide) groups is 1. The van der Waals surface area contributed by atoms with E-state index in [1.165, 1.54) is 0 Å². The molecule has 3 aromatic rings. The molecule has 1 aromatic heterocycles. The summed E-state index contributed by atoms with van der Waals surface area (Å²) in [5.41, 5.74) is 1.37. The number of ether oxygens (including phenoxy) is 2. The molecule has 3 amide bonds. The number of urea groups is 1. The van der Waals surface area contributed by atoms with Crippen molar-refractivity contribution in [1.29, 1.82) is 0 Å². The molecule has 1 aliphatic heterocycles. The molecule has 0 unspecified atom stereocenters. The van der Waals surface area contributed by atoms with Gasteiger partial charge in [0.1, 0.15) is 6.33 Å². The number of benzene rings is 2. The van der Waals surface area contributed by atoms with Gasteiger partial charge in [-0.05, 0) is 24.3 Å². The molecule has 0 atom stereocenters. The van der Waals surface area contributed by atoms with Gasteiger partial charge < -0.3 is 14.8 Å². The van der Waals surface area contributed by atoms with Crippen molar-refractivity contribution in [3.8, 4) is 17.2 Å². The molecule has 0 saturated heterocycles. The van der Waals surface area contributed by atoms with Crippen molar-refractivity contribution in [3.05, 3.63) is 54.9 Å². The lowest BCUT2D eigenvalue weighted by atomic mass is 10.3. The molecule has 4 rings (SSSR count). The number of hydrogen-bond donors (Lipinski definition) is 2. The van der Waals surface area contributed by atoms with E-state index >= 15 is 0 Å². The van der Waals surface area contributed by atoms with Gasteiger partial charge in [-0.2, -0.15) is 0 Å². The second-order valence-corrected chi connectivity index (χ2v) is 7.25. The van der Waals surface area contributed by atoms with Crippen LogP contribution >= 0.6 is 11.8 Å². The fraction of sp³-hybridized carbons (Fsp3) is 0.200. The number of amides is 3. The number of imide groups is 1. The quantitative estimate of drug-likeness (QED) is 0.605. The number of carbonyl (C=O) groups is 2. The van der Waals surface area contributed by atoms with Gasteiger partial charge in [-0.1, -0.05) is 30.0 Å². The summed E-state index contributed by atoms with van der Waals surface area (Å²) in [7, 11) is 0. The van der Waals surface area contributed by atoms with Crippen molar-refractivity contribution in [2.24, 2.45) is 0 Å². The number of fused-ring (bicyclic) bond motifs is 1. The Hall–Kier alpha value is -3.53. The van der Waals surface area contributed by atoms with Crippen molar-refractivity contribution in [3.63, 3.8) is 0 Å². The van der Waals surface area contributed by atoms with Gasteiger partial charge in [0, 0.05) is 18.2 Å². The van der Waals surface area contributed by atoms with E-state index in [1.807, 2.05) is 30.3 Å². The van der Waals surface area contributed by atoms with Crippen LogP contribution in [0.15, 0.2) is 60.0 Å². The number of nitrogens with one attached hydrogen (secondary N) is 2. The van der Waals surface area contributed by atoms with Crippen LogP contribution in [0.1, 0.15) is 6.42 Å². The number of nitrogens with zero attached hydrogens (tertiary/aromatic N) is 3. The van der Waals surface area contributed by atoms with Gasteiger partial charge in [-0.25, -0.2) is 14.5 Å². The predicted octanol–water partition coefficient (Wildman–Crippen LogP) is 2.87. The number of para-hydroxylation sites is 1. The standard InChI is InChI=1S/C20H19N5O4S/c26-18(12-30-20-21-13-25(24-20)15-5-2-1-3-6-15)23-19(27)22-14-7-8-16-17(11-14)29-10-4-9-28-16/h1-3,5-8,11,13H,4,9-10,12H2,(H2,22,23,26,27). The monoisotopic (exact) mass is 425 g/mol. The summed E-state index contributed by atoms with van der Waals surface area (Å²) in [6.45, 7) is 1.14. The Morgan fingerprint density at radius 3 is 2.70 bits per heavy atom. The average molecular weight is 425 g/mol. The molecule has 9 nitrogen and oxygen atoms in total. The van der Waals surface area contributed by atoms with Gasteiger partial charge in [-0.3, -0.25) is 10.1 Å². The van der Waals surface area contributed by atoms with E-state index in [-0.39, 0.29) is 5.75 Å². The van der Waals surface area contributed by atoms with Gasteiger partial charge in [0.25, 0.3) is 0 Å². The number of anilines is 1. The van der Waals surface area contributed by atoms with E-state index in [0.29, 0.717) is 35.6 Å². The fourth-order valence-corrected chi connectivity index (χ4v) is 3.32. The lowest BCUT2D eigenvalue weighted by Crippen LogP contribution is -2.35. The van der Waals surface area contributed by atoms with Crippen LogP contribution in [0.3, 0.4) is 0 Å². The van der Waals surface area contributed by atoms with Crippen molar-refractivity contribution < 1.29 is 19.1 Å². The molecule has 2 heterocycles. The number of hydrogen-bond acceptors (Lipinski definition) is 7. The van der Waals surface area contributed by atoms with E-state index in [4.69, 9.17) is 9.47 Å². The first-order valence-electron chi connectivity index (χ1n) is 9.28. The molecule has 10 heteroatoms. The zero-order valence-electron chi connectivity index (χ0n) is 15.9. The highest BCUT2D eigenvalue weighted by Gasteiger charge is 2.14. The van der Waals surface area contributed by atoms with Crippen LogP contribution in [-0.2, 0) is 4.79 Å². The molecule has 0 fully saturated rings. The minimum absolute atomic E-state index is 0.00730. The Bertz CT molecular complexity index is 1040. The first-order valence-corrected chi connectivity index (χ1v) is 10.3. The van der Waals surface area contributed by atoms with Gasteiger partial charge in [0.15, 0.2) is 11.5 Å². The number of carbonyl (C=O) groups excluding carboxylic acids is 2. The Balaban J connectivity index is 1.27. The molecule has 0 spiro atoms. The molecule has 2 aromatic carbocycles. The Morgan fingerprint density at radius 1 is 1.07 bits per heavy atom. The Kier molecular flexibility index (Phi) is 6.14. The SMILES string of the molecule is O=C(CSc1ncn(-c2ccccc2)n1)NC(=O)Nc1ccc2c(c1)OCCCO2. The molecular weight excluding hydrogens is 406 g/mol. The summed E-state index contributed by atoms with van der Waals surface area (Å²) in [6.07, 6.45) is 2.37. The summed E-state index contributed by atoms with van der Waals surface area (Å²) in [4.78, 5) is 28.3. The average Bonchev–Trinajstić information content (AvgIpc) is 3.11. The smallest absolute Gasteiger partial charge is 0.325 e. The Morgan fingerprint density at radius 2 is 1.87 bits per heavy atom. The first-order chi connectivity index (χ1) is 14.7. The molecule has 0 aliphatic carbocycles. The zero-order valence-corrected chi connectivity index (χ0v) is 16.7. The summed E-state index contributed by atoms with van der Waals surface area (Å²) in [5.74, 6) is 0.747. The maximum Gasteiger partial charge on any atom is 0.325 e. The van der Waals surface area contributed by atoms with Crippen LogP contribution in [0, 0.1) is 0 Å². The molecule has 2 N–H and O–H groups in total. The van der Waals surface area contributed by atoms with Crippen molar-refractivity contribution in [2.75, 3.05) is 24.3 Å². The molecule has 30 heavy (non-hydrogen) atoms. The van der Waals surface area contributed by atoms with Gasteiger partial charge >= 0.3 is 6.03 Å². The normalized spacial score (nSPS) is 12.7. The lowest BCUT2D eigenvalue weighted by Gasteiger charge is -2.10. The topological polar surface area (TPSA) is 107 Å². The Labute approximate surface area is 176 Å². The first kappa shape index (κ1) is 19.8. The van der Waals surface area contributed by atoms with E-state index < -0.39 is 11.9 Å². The van der Waals surface area contributed by atoms with E-state index in [0.717, 1.165) is 23.9 Å². The van der Waals surface area contributed by atoms with Gasteiger partial charge in [-0.15, -0.1) is 5.10 Å². The molecular formula is C20H19N5O4S. The molecule has 0 bridgehead atoms. The summed E-state index contributed by atoms with van der Waals surface area (Å²) in [6, 6.07) is 14.0. The number of rotatable bonds is 5. The van der Waals surface area contributed by atoms with Crippen LogP contribution in [0.25, 0.3) is 5.69 Å². The fourth-order valence-electron chi connectivity index (χ4n) is 2.72. The largest absolute Gasteiger partial charge is 0.490 e. The summed E-state index contributed by atoms with van der Waals surface area (Å²) >= 11 is 1.14. The number of aromatic nitrogens is 3.